The highest BCUT2D eigenvalue weighted by Crippen LogP contribution is 2.41. The number of hydrogen-bond donors (Lipinski definition) is 0. The molecule has 0 aliphatic rings. The van der Waals surface area contributed by atoms with Crippen LogP contribution < -0.4 is 0 Å². The molecular formula is C12H19N4O2P. The van der Waals surface area contributed by atoms with E-state index < -0.39 is 8.38 Å². The normalized spacial score (nSPS) is 11.3. The van der Waals surface area contributed by atoms with E-state index in [1.165, 1.54) is 0 Å². The fraction of sp³-hybridized carbons (Fsp3) is 0.500. The fourth-order valence-electron chi connectivity index (χ4n) is 1.65. The molecule has 0 bridgehead atoms. The topological polar surface area (TPSA) is 54.1 Å². The smallest absolute Gasteiger partial charge is 0.176 e. The molecule has 0 saturated carbocycles. The Labute approximate surface area is 114 Å². The predicted octanol–water partition coefficient (Wildman–Crippen LogP) is 2.47. The summed E-state index contributed by atoms with van der Waals surface area (Å²) in [7, 11) is -0.872. The first-order valence-corrected chi connectivity index (χ1v) is 7.71. The van der Waals surface area contributed by atoms with Crippen LogP contribution >= 0.6 is 8.38 Å². The Morgan fingerprint density at radius 1 is 1.16 bits per heavy atom. The molecule has 0 N–H and O–H groups in total. The first kappa shape index (κ1) is 14.2. The highest BCUT2D eigenvalue weighted by Gasteiger charge is 2.12. The minimum absolute atomic E-state index is 0.619. The van der Waals surface area contributed by atoms with Gasteiger partial charge in [-0.2, -0.15) is 10.2 Å². The van der Waals surface area contributed by atoms with Crippen LogP contribution in [0.5, 0.6) is 0 Å². The molecule has 0 atom stereocenters. The molecule has 0 saturated heterocycles. The summed E-state index contributed by atoms with van der Waals surface area (Å²) in [5.41, 5.74) is 0.986. The van der Waals surface area contributed by atoms with Crippen molar-refractivity contribution in [2.75, 3.05) is 13.2 Å². The Bertz CT molecular complexity index is 466. The van der Waals surface area contributed by atoms with E-state index in [2.05, 4.69) is 10.2 Å². The molecule has 104 valence electrons. The van der Waals surface area contributed by atoms with Gasteiger partial charge in [-0.05, 0) is 26.0 Å². The van der Waals surface area contributed by atoms with Gasteiger partial charge in [0.05, 0.1) is 25.1 Å². The van der Waals surface area contributed by atoms with Gasteiger partial charge in [0, 0.05) is 18.6 Å². The number of rotatable bonds is 8. The summed E-state index contributed by atoms with van der Waals surface area (Å²) in [6, 6.07) is 3.89. The summed E-state index contributed by atoms with van der Waals surface area (Å²) in [5.74, 6) is 0. The summed E-state index contributed by atoms with van der Waals surface area (Å²) in [5, 5.41) is 8.65. The van der Waals surface area contributed by atoms with Crippen LogP contribution in [0.25, 0.3) is 0 Å². The fourth-order valence-corrected chi connectivity index (χ4v) is 2.91. The van der Waals surface area contributed by atoms with Crippen molar-refractivity contribution in [2.24, 2.45) is 0 Å². The summed E-state index contributed by atoms with van der Waals surface area (Å²) in [6.45, 7) is 5.91. The maximum Gasteiger partial charge on any atom is 0.176 e. The van der Waals surface area contributed by atoms with E-state index in [0.29, 0.717) is 19.9 Å². The van der Waals surface area contributed by atoms with Crippen LogP contribution in [0.4, 0.5) is 0 Å². The first-order chi connectivity index (χ1) is 9.31. The summed E-state index contributed by atoms with van der Waals surface area (Å²) in [6.07, 6.45) is 6.34. The molecule has 0 unspecified atom stereocenters. The minimum Gasteiger partial charge on any atom is -0.334 e. The molecule has 0 fully saturated rings. The van der Waals surface area contributed by atoms with Crippen molar-refractivity contribution in [3.8, 4) is 0 Å². The molecule has 7 heteroatoms. The average Bonchev–Trinajstić information content (AvgIpc) is 3.03. The Balaban J connectivity index is 1.92. The third kappa shape index (κ3) is 4.42. The highest BCUT2D eigenvalue weighted by molar-refractivity contribution is 7.46. The van der Waals surface area contributed by atoms with Crippen molar-refractivity contribution in [3.63, 3.8) is 0 Å². The lowest BCUT2D eigenvalue weighted by molar-refractivity contribution is 0.268. The van der Waals surface area contributed by atoms with E-state index in [0.717, 1.165) is 11.9 Å². The molecule has 2 aromatic heterocycles. The minimum atomic E-state index is -0.872. The van der Waals surface area contributed by atoms with Crippen LogP contribution in [0.3, 0.4) is 0 Å². The van der Waals surface area contributed by atoms with Gasteiger partial charge in [-0.25, -0.2) is 0 Å². The van der Waals surface area contributed by atoms with E-state index in [9.17, 15) is 0 Å². The third-order valence-electron chi connectivity index (χ3n) is 2.38. The van der Waals surface area contributed by atoms with Crippen molar-refractivity contribution >= 4 is 8.38 Å². The van der Waals surface area contributed by atoms with Gasteiger partial charge in [0.25, 0.3) is 0 Å². The van der Waals surface area contributed by atoms with Crippen LogP contribution in [0.1, 0.15) is 19.5 Å². The predicted molar refractivity (Wildman–Crippen MR) is 73.7 cm³/mol. The van der Waals surface area contributed by atoms with E-state index in [1.54, 1.807) is 6.20 Å². The Morgan fingerprint density at radius 2 is 1.95 bits per heavy atom. The molecule has 2 heterocycles. The van der Waals surface area contributed by atoms with Gasteiger partial charge >= 0.3 is 0 Å². The molecule has 0 aromatic carbocycles. The summed E-state index contributed by atoms with van der Waals surface area (Å²) >= 11 is 0. The molecule has 0 aliphatic heterocycles. The number of hydrogen-bond acceptors (Lipinski definition) is 4. The molecular weight excluding hydrogens is 263 g/mol. The molecule has 0 amide bonds. The van der Waals surface area contributed by atoms with Crippen molar-refractivity contribution in [3.05, 3.63) is 36.4 Å². The monoisotopic (exact) mass is 282 g/mol. The van der Waals surface area contributed by atoms with Gasteiger partial charge in [0.1, 0.15) is 6.67 Å². The van der Waals surface area contributed by atoms with Crippen molar-refractivity contribution in [1.29, 1.82) is 0 Å². The standard InChI is InChI=1S/C12H19N4O2P/c1-3-17-19(18-4-2)10-12-6-9-16(14-12)11-15-8-5-7-13-15/h5-9H,3-4,10-11H2,1-2H3. The van der Waals surface area contributed by atoms with Crippen molar-refractivity contribution in [2.45, 2.75) is 26.7 Å². The highest BCUT2D eigenvalue weighted by atomic mass is 31.2. The Kier molecular flexibility index (Phi) is 5.51. The van der Waals surface area contributed by atoms with Crippen LogP contribution in [-0.4, -0.2) is 32.8 Å². The molecule has 6 nitrogen and oxygen atoms in total. The zero-order chi connectivity index (χ0) is 13.5. The van der Waals surface area contributed by atoms with Gasteiger partial charge in [0.2, 0.25) is 0 Å². The molecule has 0 spiro atoms. The average molecular weight is 282 g/mol. The number of aromatic nitrogens is 4. The zero-order valence-corrected chi connectivity index (χ0v) is 12.2. The van der Waals surface area contributed by atoms with Gasteiger partial charge in [-0.3, -0.25) is 9.36 Å². The largest absolute Gasteiger partial charge is 0.334 e. The maximum atomic E-state index is 5.58. The van der Waals surface area contributed by atoms with Gasteiger partial charge in [-0.15, -0.1) is 0 Å². The van der Waals surface area contributed by atoms with Crippen LogP contribution in [0.15, 0.2) is 30.7 Å². The molecule has 19 heavy (non-hydrogen) atoms. The van der Waals surface area contributed by atoms with Crippen LogP contribution in [0, 0.1) is 0 Å². The molecule has 0 aliphatic carbocycles. The second kappa shape index (κ2) is 7.38. The lowest BCUT2D eigenvalue weighted by atomic mass is 10.5. The zero-order valence-electron chi connectivity index (χ0n) is 11.3. The SMILES string of the molecule is CCOP(Cc1ccn(Cn2cccn2)n1)OCC. The lowest BCUT2D eigenvalue weighted by Crippen LogP contribution is -2.09. The van der Waals surface area contributed by atoms with E-state index in [4.69, 9.17) is 9.05 Å². The van der Waals surface area contributed by atoms with Gasteiger partial charge < -0.3 is 9.05 Å². The van der Waals surface area contributed by atoms with Gasteiger partial charge in [0.15, 0.2) is 8.38 Å². The lowest BCUT2D eigenvalue weighted by Gasteiger charge is -2.14. The second-order valence-corrected chi connectivity index (χ2v) is 5.36. The van der Waals surface area contributed by atoms with Crippen molar-refractivity contribution < 1.29 is 9.05 Å². The molecule has 2 aromatic rings. The van der Waals surface area contributed by atoms with Crippen LogP contribution in [-0.2, 0) is 21.9 Å². The van der Waals surface area contributed by atoms with Crippen LogP contribution in [0.2, 0.25) is 0 Å². The number of nitrogens with zero attached hydrogens (tertiary/aromatic N) is 4. The van der Waals surface area contributed by atoms with E-state index in [-0.39, 0.29) is 0 Å². The summed E-state index contributed by atoms with van der Waals surface area (Å²) in [4.78, 5) is 0. The first-order valence-electron chi connectivity index (χ1n) is 6.35. The van der Waals surface area contributed by atoms with Gasteiger partial charge in [-0.1, -0.05) is 0 Å². The summed E-state index contributed by atoms with van der Waals surface area (Å²) < 4.78 is 14.8. The van der Waals surface area contributed by atoms with E-state index >= 15 is 0 Å². The second-order valence-electron chi connectivity index (χ2n) is 3.86. The third-order valence-corrected chi connectivity index (χ3v) is 4.06. The Hall–Kier alpha value is -1.23. The maximum absolute atomic E-state index is 5.58. The van der Waals surface area contributed by atoms with Crippen molar-refractivity contribution in [1.82, 2.24) is 19.6 Å². The molecule has 2 rings (SSSR count). The molecule has 0 radical (unpaired) electrons. The Morgan fingerprint density at radius 3 is 2.58 bits per heavy atom. The quantitative estimate of drug-likeness (QED) is 0.698. The van der Waals surface area contributed by atoms with E-state index in [1.807, 2.05) is 47.7 Å².